The topological polar surface area (TPSA) is 61.8 Å². The van der Waals surface area contributed by atoms with Gasteiger partial charge in [0.05, 0.1) is 4.61 Å². The number of carbonyl (C=O) groups is 2. The van der Waals surface area contributed by atoms with Gasteiger partial charge in [-0.15, -0.1) is 0 Å². The maximum atomic E-state index is 11.6. The predicted octanol–water partition coefficient (Wildman–Crippen LogP) is 0.372. The maximum absolute atomic E-state index is 11.6. The van der Waals surface area contributed by atoms with Crippen molar-refractivity contribution in [2.45, 2.75) is 18.9 Å². The Morgan fingerprint density at radius 2 is 2.33 bits per heavy atom. The number of halogens is 1. The minimum atomic E-state index is -0.300. The Morgan fingerprint density at radius 3 is 3.00 bits per heavy atom. The van der Waals surface area contributed by atoms with E-state index >= 15 is 0 Å². The number of hydrogen-bond acceptors (Lipinski definition) is 4. The molecule has 2 heterocycles. The SMILES string of the molecule is O=C1CCC(N2CN=CC=C2Br)C(=O)N1. The van der Waals surface area contributed by atoms with E-state index in [0.29, 0.717) is 19.5 Å². The smallest absolute Gasteiger partial charge is 0.249 e. The number of allylic oxidation sites excluding steroid dienone is 1. The molecule has 1 N–H and O–H groups in total. The van der Waals surface area contributed by atoms with Gasteiger partial charge in [0.1, 0.15) is 12.7 Å². The monoisotopic (exact) mass is 271 g/mol. The van der Waals surface area contributed by atoms with Gasteiger partial charge in [-0.2, -0.15) is 0 Å². The van der Waals surface area contributed by atoms with Crippen LogP contribution >= 0.6 is 15.9 Å². The van der Waals surface area contributed by atoms with Crippen LogP contribution in [0.25, 0.3) is 0 Å². The summed E-state index contributed by atoms with van der Waals surface area (Å²) in [7, 11) is 0. The molecular formula is C9H10BrN3O2. The van der Waals surface area contributed by atoms with E-state index in [1.165, 1.54) is 0 Å². The highest BCUT2D eigenvalue weighted by molar-refractivity contribution is 9.11. The van der Waals surface area contributed by atoms with Crippen molar-refractivity contribution >= 4 is 34.0 Å². The van der Waals surface area contributed by atoms with Gasteiger partial charge >= 0.3 is 0 Å². The van der Waals surface area contributed by atoms with Crippen LogP contribution in [0.5, 0.6) is 0 Å². The molecule has 1 atom stereocenters. The maximum Gasteiger partial charge on any atom is 0.249 e. The van der Waals surface area contributed by atoms with Gasteiger partial charge in [-0.1, -0.05) is 0 Å². The van der Waals surface area contributed by atoms with E-state index in [9.17, 15) is 9.59 Å². The number of amides is 2. The van der Waals surface area contributed by atoms with E-state index < -0.39 is 0 Å². The molecule has 5 nitrogen and oxygen atoms in total. The van der Waals surface area contributed by atoms with Crippen LogP contribution in [-0.2, 0) is 9.59 Å². The summed E-state index contributed by atoms with van der Waals surface area (Å²) in [5, 5.41) is 2.33. The van der Waals surface area contributed by atoms with Crippen molar-refractivity contribution in [3.8, 4) is 0 Å². The molecule has 0 aromatic heterocycles. The number of hydrogen-bond donors (Lipinski definition) is 1. The van der Waals surface area contributed by atoms with Crippen LogP contribution in [0.1, 0.15) is 12.8 Å². The van der Waals surface area contributed by atoms with Crippen molar-refractivity contribution in [1.82, 2.24) is 10.2 Å². The summed E-state index contributed by atoms with van der Waals surface area (Å²) >= 11 is 3.36. The third-order valence-corrected chi connectivity index (χ3v) is 3.13. The molecule has 0 bridgehead atoms. The van der Waals surface area contributed by atoms with Crippen molar-refractivity contribution in [1.29, 1.82) is 0 Å². The highest BCUT2D eigenvalue weighted by atomic mass is 79.9. The predicted molar refractivity (Wildman–Crippen MR) is 58.4 cm³/mol. The molecule has 0 spiro atoms. The van der Waals surface area contributed by atoms with Crippen LogP contribution in [0, 0.1) is 0 Å². The number of nitrogens with one attached hydrogen (secondary N) is 1. The lowest BCUT2D eigenvalue weighted by molar-refractivity contribution is -0.136. The Bertz CT molecular complexity index is 364. The molecule has 0 aromatic rings. The van der Waals surface area contributed by atoms with Crippen LogP contribution in [0.2, 0.25) is 0 Å². The molecule has 1 unspecified atom stereocenters. The lowest BCUT2D eigenvalue weighted by Crippen LogP contribution is -2.52. The second kappa shape index (κ2) is 4.14. The largest absolute Gasteiger partial charge is 0.334 e. The summed E-state index contributed by atoms with van der Waals surface area (Å²) in [5.41, 5.74) is 0. The zero-order valence-electron chi connectivity index (χ0n) is 7.94. The molecule has 1 saturated heterocycles. The van der Waals surface area contributed by atoms with Crippen molar-refractivity contribution in [3.63, 3.8) is 0 Å². The summed E-state index contributed by atoms with van der Waals surface area (Å²) in [6.45, 7) is 0.448. The van der Waals surface area contributed by atoms with Crippen molar-refractivity contribution in [3.05, 3.63) is 10.7 Å². The lowest BCUT2D eigenvalue weighted by atomic mass is 10.1. The summed E-state index contributed by atoms with van der Waals surface area (Å²) in [6, 6.07) is -0.300. The Kier molecular flexibility index (Phi) is 2.86. The number of aliphatic imine (C=N–C) groups is 1. The van der Waals surface area contributed by atoms with Crippen molar-refractivity contribution in [2.75, 3.05) is 6.67 Å². The van der Waals surface area contributed by atoms with E-state index in [0.717, 1.165) is 4.61 Å². The first kappa shape index (κ1) is 10.4. The molecule has 1 fully saturated rings. The lowest BCUT2D eigenvalue weighted by Gasteiger charge is -2.33. The van der Waals surface area contributed by atoms with Crippen LogP contribution in [0.3, 0.4) is 0 Å². The zero-order chi connectivity index (χ0) is 10.8. The number of carbonyl (C=O) groups excluding carboxylic acids is 2. The van der Waals surface area contributed by atoms with Gasteiger partial charge in [-0.25, -0.2) is 0 Å². The summed E-state index contributed by atoms with van der Waals surface area (Å²) in [5.74, 6) is -0.439. The first-order valence-electron chi connectivity index (χ1n) is 4.64. The number of imide groups is 1. The van der Waals surface area contributed by atoms with Gasteiger partial charge in [-0.3, -0.25) is 19.9 Å². The third-order valence-electron chi connectivity index (χ3n) is 2.41. The fourth-order valence-corrected chi connectivity index (χ4v) is 2.12. The van der Waals surface area contributed by atoms with E-state index in [1.54, 1.807) is 12.3 Å². The van der Waals surface area contributed by atoms with Crippen molar-refractivity contribution in [2.24, 2.45) is 4.99 Å². The molecule has 0 aliphatic carbocycles. The Labute approximate surface area is 95.4 Å². The van der Waals surface area contributed by atoms with Gasteiger partial charge in [0.15, 0.2) is 0 Å². The summed E-state index contributed by atoms with van der Waals surface area (Å²) < 4.78 is 0.826. The molecule has 2 aliphatic rings. The molecule has 80 valence electrons. The molecular weight excluding hydrogens is 262 g/mol. The molecule has 2 rings (SSSR count). The summed E-state index contributed by atoms with van der Waals surface area (Å²) in [6.07, 6.45) is 4.40. The van der Waals surface area contributed by atoms with E-state index in [2.05, 4.69) is 26.2 Å². The first-order chi connectivity index (χ1) is 7.18. The molecule has 2 aliphatic heterocycles. The highest BCUT2D eigenvalue weighted by Gasteiger charge is 2.32. The first-order valence-corrected chi connectivity index (χ1v) is 5.44. The van der Waals surface area contributed by atoms with Gasteiger partial charge in [0.25, 0.3) is 0 Å². The van der Waals surface area contributed by atoms with E-state index in [-0.39, 0.29) is 17.9 Å². The third kappa shape index (κ3) is 2.09. The van der Waals surface area contributed by atoms with Crippen LogP contribution in [-0.4, -0.2) is 35.6 Å². The van der Waals surface area contributed by atoms with Crippen LogP contribution in [0.4, 0.5) is 0 Å². The second-order valence-corrected chi connectivity index (χ2v) is 4.21. The van der Waals surface area contributed by atoms with Crippen molar-refractivity contribution < 1.29 is 9.59 Å². The van der Waals surface area contributed by atoms with Gasteiger partial charge < -0.3 is 4.90 Å². The second-order valence-electron chi connectivity index (χ2n) is 3.40. The van der Waals surface area contributed by atoms with Gasteiger partial charge in [-0.05, 0) is 28.4 Å². The molecule has 6 heteroatoms. The molecule has 15 heavy (non-hydrogen) atoms. The summed E-state index contributed by atoms with van der Waals surface area (Å²) in [4.78, 5) is 28.5. The number of nitrogens with zero attached hydrogens (tertiary/aromatic N) is 2. The Morgan fingerprint density at radius 1 is 1.53 bits per heavy atom. The van der Waals surface area contributed by atoms with E-state index in [1.807, 2.05) is 4.90 Å². The Hall–Kier alpha value is -1.17. The van der Waals surface area contributed by atoms with Crippen LogP contribution in [0.15, 0.2) is 15.7 Å². The molecule has 0 saturated carbocycles. The average Bonchev–Trinajstić information content (AvgIpc) is 2.20. The highest BCUT2D eigenvalue weighted by Crippen LogP contribution is 2.22. The van der Waals surface area contributed by atoms with E-state index in [4.69, 9.17) is 0 Å². The number of piperidine rings is 1. The normalized spacial score (nSPS) is 26.3. The average molecular weight is 272 g/mol. The molecule has 2 amide bonds. The minimum absolute atomic E-state index is 0.197. The molecule has 0 radical (unpaired) electrons. The fourth-order valence-electron chi connectivity index (χ4n) is 1.64. The quantitative estimate of drug-likeness (QED) is 0.554. The van der Waals surface area contributed by atoms with Crippen LogP contribution < -0.4 is 5.32 Å². The minimum Gasteiger partial charge on any atom is -0.334 e. The van der Waals surface area contributed by atoms with Gasteiger partial charge in [0.2, 0.25) is 11.8 Å². The zero-order valence-corrected chi connectivity index (χ0v) is 9.53. The molecule has 0 aromatic carbocycles. The Balaban J connectivity index is 2.11. The standard InChI is InChI=1S/C9H10BrN3O2/c10-7-3-4-11-5-13(7)6-1-2-8(14)12-9(6)15/h3-4,6H,1-2,5H2,(H,12,14,15). The number of rotatable bonds is 1. The fraction of sp³-hybridized carbons (Fsp3) is 0.444. The van der Waals surface area contributed by atoms with Gasteiger partial charge in [0, 0.05) is 12.6 Å².